The van der Waals surface area contributed by atoms with Gasteiger partial charge in [0.1, 0.15) is 5.82 Å². The maximum absolute atomic E-state index is 12.9. The van der Waals surface area contributed by atoms with Gasteiger partial charge in [-0.05, 0) is 42.3 Å². The van der Waals surface area contributed by atoms with Crippen LogP contribution in [-0.4, -0.2) is 57.6 Å². The van der Waals surface area contributed by atoms with Gasteiger partial charge in [0, 0.05) is 44.7 Å². The molecule has 1 saturated heterocycles. The summed E-state index contributed by atoms with van der Waals surface area (Å²) < 4.78 is 2.18. The summed E-state index contributed by atoms with van der Waals surface area (Å²) >= 11 is 0. The van der Waals surface area contributed by atoms with E-state index in [1.54, 1.807) is 12.1 Å². The number of nitrogens with one attached hydrogen (secondary N) is 1. The zero-order chi connectivity index (χ0) is 21.8. The number of carboxylic acid groups (broad SMARTS) is 1. The van der Waals surface area contributed by atoms with E-state index in [1.165, 1.54) is 0 Å². The highest BCUT2D eigenvalue weighted by molar-refractivity contribution is 5.97. The van der Waals surface area contributed by atoms with Crippen LogP contribution in [0.4, 0.5) is 0 Å². The van der Waals surface area contributed by atoms with Crippen LogP contribution in [0.5, 0.6) is 0 Å². The zero-order valence-electron chi connectivity index (χ0n) is 17.8. The minimum absolute atomic E-state index is 0.0531. The second-order valence-corrected chi connectivity index (χ2v) is 7.97. The summed E-state index contributed by atoms with van der Waals surface area (Å²) in [7, 11) is 0. The molecule has 1 fully saturated rings. The van der Waals surface area contributed by atoms with Crippen molar-refractivity contribution in [2.45, 2.75) is 32.7 Å². The zero-order valence-corrected chi connectivity index (χ0v) is 17.8. The van der Waals surface area contributed by atoms with Crippen LogP contribution in [0.2, 0.25) is 0 Å². The number of hydrogen-bond donors (Lipinski definition) is 2. The smallest absolute Gasteiger partial charge is 0.335 e. The van der Waals surface area contributed by atoms with Crippen molar-refractivity contribution >= 4 is 22.9 Å². The lowest BCUT2D eigenvalue weighted by Gasteiger charge is -2.27. The first kappa shape index (κ1) is 21.1. The summed E-state index contributed by atoms with van der Waals surface area (Å²) in [6.07, 6.45) is 2.97. The Hall–Kier alpha value is -3.19. The first-order valence-electron chi connectivity index (χ1n) is 10.9. The maximum Gasteiger partial charge on any atom is 0.335 e. The van der Waals surface area contributed by atoms with Crippen molar-refractivity contribution < 1.29 is 14.7 Å². The number of carbonyl (C=O) groups is 2. The lowest BCUT2D eigenvalue weighted by atomic mass is 10.1. The highest BCUT2D eigenvalue weighted by Crippen LogP contribution is 2.22. The third kappa shape index (κ3) is 4.61. The van der Waals surface area contributed by atoms with E-state index in [4.69, 9.17) is 10.1 Å². The van der Waals surface area contributed by atoms with Gasteiger partial charge in [0.05, 0.1) is 16.6 Å². The number of nitrogens with zero attached hydrogens (tertiary/aromatic N) is 3. The van der Waals surface area contributed by atoms with Crippen molar-refractivity contribution in [3.63, 3.8) is 0 Å². The molecule has 7 heteroatoms. The first-order valence-corrected chi connectivity index (χ1v) is 10.9. The third-order valence-corrected chi connectivity index (χ3v) is 5.77. The van der Waals surface area contributed by atoms with Gasteiger partial charge in [-0.1, -0.05) is 25.5 Å². The molecule has 0 atom stereocenters. The van der Waals surface area contributed by atoms with Gasteiger partial charge in [-0.3, -0.25) is 4.79 Å². The van der Waals surface area contributed by atoms with Crippen LogP contribution in [-0.2, 0) is 13.0 Å². The SMILES string of the molecule is CCCCc1nc2cc(C(=O)N3CCNCC3)ccc2n1Cc1ccc(C(=O)O)cc1. The van der Waals surface area contributed by atoms with Gasteiger partial charge in [0.2, 0.25) is 0 Å². The van der Waals surface area contributed by atoms with Gasteiger partial charge >= 0.3 is 5.97 Å². The van der Waals surface area contributed by atoms with Crippen molar-refractivity contribution in [2.75, 3.05) is 26.2 Å². The Balaban J connectivity index is 1.65. The van der Waals surface area contributed by atoms with Crippen molar-refractivity contribution in [3.8, 4) is 0 Å². The quantitative estimate of drug-likeness (QED) is 0.613. The Morgan fingerprint density at radius 2 is 1.77 bits per heavy atom. The van der Waals surface area contributed by atoms with Crippen molar-refractivity contribution in [1.29, 1.82) is 0 Å². The fourth-order valence-electron chi connectivity index (χ4n) is 4.00. The summed E-state index contributed by atoms with van der Waals surface area (Å²) in [4.78, 5) is 30.8. The van der Waals surface area contributed by atoms with Crippen LogP contribution in [0.15, 0.2) is 42.5 Å². The van der Waals surface area contributed by atoms with E-state index in [9.17, 15) is 9.59 Å². The molecule has 0 unspecified atom stereocenters. The molecule has 31 heavy (non-hydrogen) atoms. The highest BCUT2D eigenvalue weighted by Gasteiger charge is 2.20. The number of carbonyl (C=O) groups excluding carboxylic acids is 1. The van der Waals surface area contributed by atoms with E-state index in [-0.39, 0.29) is 11.5 Å². The average Bonchev–Trinajstić information content (AvgIpc) is 3.14. The predicted octanol–water partition coefficient (Wildman–Crippen LogP) is 3.17. The average molecular weight is 421 g/mol. The normalized spacial score (nSPS) is 14.2. The topological polar surface area (TPSA) is 87.5 Å². The summed E-state index contributed by atoms with van der Waals surface area (Å²) in [5.41, 5.74) is 3.79. The van der Waals surface area contributed by atoms with E-state index in [2.05, 4.69) is 16.8 Å². The first-order chi connectivity index (χ1) is 15.1. The molecule has 3 aromatic rings. The number of imidazole rings is 1. The number of unbranched alkanes of at least 4 members (excludes halogenated alkanes) is 1. The molecule has 0 radical (unpaired) electrons. The second-order valence-electron chi connectivity index (χ2n) is 7.97. The Morgan fingerprint density at radius 1 is 1.06 bits per heavy atom. The summed E-state index contributed by atoms with van der Waals surface area (Å²) in [6, 6.07) is 12.7. The number of carboxylic acids is 1. The Labute approximate surface area is 181 Å². The van der Waals surface area contributed by atoms with Crippen molar-refractivity contribution in [3.05, 3.63) is 65.0 Å². The molecule has 0 saturated carbocycles. The number of aromatic carboxylic acids is 1. The monoisotopic (exact) mass is 420 g/mol. The summed E-state index contributed by atoms with van der Waals surface area (Å²) in [5.74, 6) is 0.119. The third-order valence-electron chi connectivity index (χ3n) is 5.77. The standard InChI is InChI=1S/C24H28N4O3/c1-2-3-4-22-26-20-15-19(23(29)27-13-11-25-12-14-27)9-10-21(20)28(22)16-17-5-7-18(8-6-17)24(30)31/h5-10,15,25H,2-4,11-14,16H2,1H3,(H,30,31). The molecular formula is C24H28N4O3. The van der Waals surface area contributed by atoms with E-state index < -0.39 is 5.97 Å². The summed E-state index contributed by atoms with van der Waals surface area (Å²) in [6.45, 7) is 5.86. The molecule has 162 valence electrons. The van der Waals surface area contributed by atoms with E-state index in [0.717, 1.165) is 67.9 Å². The van der Waals surface area contributed by atoms with Crippen LogP contribution in [0.3, 0.4) is 0 Å². The molecule has 4 rings (SSSR count). The Morgan fingerprint density at radius 3 is 2.45 bits per heavy atom. The molecule has 1 aliphatic rings. The Kier molecular flexibility index (Phi) is 6.32. The molecule has 2 N–H and O–H groups in total. The Bertz CT molecular complexity index is 1080. The van der Waals surface area contributed by atoms with Gasteiger partial charge < -0.3 is 19.9 Å². The minimum Gasteiger partial charge on any atom is -0.478 e. The number of fused-ring (bicyclic) bond motifs is 1. The molecule has 0 bridgehead atoms. The molecule has 1 aliphatic heterocycles. The largest absolute Gasteiger partial charge is 0.478 e. The number of amides is 1. The van der Waals surface area contributed by atoms with Gasteiger partial charge in [0.15, 0.2) is 0 Å². The molecular weight excluding hydrogens is 392 g/mol. The van der Waals surface area contributed by atoms with Gasteiger partial charge in [-0.25, -0.2) is 9.78 Å². The van der Waals surface area contributed by atoms with Crippen molar-refractivity contribution in [2.24, 2.45) is 0 Å². The van der Waals surface area contributed by atoms with E-state index >= 15 is 0 Å². The minimum atomic E-state index is -0.926. The molecule has 0 spiro atoms. The lowest BCUT2D eigenvalue weighted by molar-refractivity contribution is 0.0695. The van der Waals surface area contributed by atoms with Crippen LogP contribution in [0.1, 0.15) is 51.9 Å². The van der Waals surface area contributed by atoms with Crippen LogP contribution in [0, 0.1) is 0 Å². The lowest BCUT2D eigenvalue weighted by Crippen LogP contribution is -2.46. The fourth-order valence-corrected chi connectivity index (χ4v) is 4.00. The molecule has 7 nitrogen and oxygen atoms in total. The number of piperazine rings is 1. The van der Waals surface area contributed by atoms with E-state index in [0.29, 0.717) is 12.1 Å². The van der Waals surface area contributed by atoms with Crippen molar-refractivity contribution in [1.82, 2.24) is 19.8 Å². The van der Waals surface area contributed by atoms with Crippen LogP contribution < -0.4 is 5.32 Å². The molecule has 0 aliphatic carbocycles. The number of aryl methyl sites for hydroxylation is 1. The highest BCUT2D eigenvalue weighted by atomic mass is 16.4. The molecule has 1 amide bonds. The van der Waals surface area contributed by atoms with Gasteiger partial charge in [-0.2, -0.15) is 0 Å². The number of rotatable bonds is 7. The summed E-state index contributed by atoms with van der Waals surface area (Å²) in [5, 5.41) is 12.4. The second kappa shape index (κ2) is 9.31. The predicted molar refractivity (Wildman–Crippen MR) is 120 cm³/mol. The van der Waals surface area contributed by atoms with Crippen LogP contribution >= 0.6 is 0 Å². The number of benzene rings is 2. The molecule has 2 aromatic carbocycles. The van der Waals surface area contributed by atoms with Gasteiger partial charge in [0.25, 0.3) is 5.91 Å². The fraction of sp³-hybridized carbons (Fsp3) is 0.375. The molecule has 2 heterocycles. The van der Waals surface area contributed by atoms with E-state index in [1.807, 2.05) is 35.2 Å². The maximum atomic E-state index is 12.9. The molecule has 1 aromatic heterocycles. The van der Waals surface area contributed by atoms with Gasteiger partial charge in [-0.15, -0.1) is 0 Å². The number of aromatic nitrogens is 2. The van der Waals surface area contributed by atoms with Crippen LogP contribution in [0.25, 0.3) is 11.0 Å². The number of hydrogen-bond acceptors (Lipinski definition) is 4.